The summed E-state index contributed by atoms with van der Waals surface area (Å²) >= 11 is 0. The summed E-state index contributed by atoms with van der Waals surface area (Å²) < 4.78 is 53.2. The van der Waals surface area contributed by atoms with Gasteiger partial charge in [-0.1, -0.05) is 18.2 Å². The average molecular weight is 418 g/mol. The largest absolute Gasteiger partial charge is 0.416 e. The summed E-state index contributed by atoms with van der Waals surface area (Å²) in [4.78, 5) is 24.9. The smallest absolute Gasteiger partial charge is 0.324 e. The van der Waals surface area contributed by atoms with E-state index >= 15 is 0 Å². The van der Waals surface area contributed by atoms with E-state index in [0.717, 1.165) is 12.1 Å². The molecule has 154 valence electrons. The number of anilines is 2. The summed E-state index contributed by atoms with van der Waals surface area (Å²) in [6.45, 7) is 0. The van der Waals surface area contributed by atoms with Crippen LogP contribution in [0.5, 0.6) is 0 Å². The molecule has 0 spiro atoms. The average Bonchev–Trinajstić information content (AvgIpc) is 3.11. The third kappa shape index (κ3) is 3.76. The summed E-state index contributed by atoms with van der Waals surface area (Å²) in [7, 11) is 0. The normalized spacial score (nSPS) is 16.0. The molecule has 0 fully saturated rings. The number of nitrogens with zero attached hydrogens (tertiary/aromatic N) is 2. The van der Waals surface area contributed by atoms with Crippen molar-refractivity contribution in [3.8, 4) is 11.1 Å². The van der Waals surface area contributed by atoms with Gasteiger partial charge in [0, 0.05) is 11.3 Å². The second-order valence-electron chi connectivity index (χ2n) is 6.69. The van der Waals surface area contributed by atoms with E-state index in [1.54, 1.807) is 0 Å². The maximum absolute atomic E-state index is 13.2. The Morgan fingerprint density at radius 2 is 1.90 bits per heavy atom. The lowest BCUT2D eigenvalue weighted by Gasteiger charge is -2.24. The van der Waals surface area contributed by atoms with E-state index in [1.165, 1.54) is 47.3 Å². The van der Waals surface area contributed by atoms with E-state index in [1.807, 2.05) is 0 Å². The molecule has 2 amide bonds. The summed E-state index contributed by atoms with van der Waals surface area (Å²) in [5.74, 6) is -1.31. The number of benzene rings is 2. The highest BCUT2D eigenvalue weighted by Gasteiger charge is 2.34. The number of halogens is 4. The Morgan fingerprint density at radius 3 is 2.60 bits per heavy atom. The van der Waals surface area contributed by atoms with Crippen LogP contribution in [0.25, 0.3) is 11.1 Å². The van der Waals surface area contributed by atoms with Gasteiger partial charge in [0.2, 0.25) is 11.8 Å². The molecule has 3 aromatic rings. The number of fused-ring (bicyclic) bond motifs is 1. The Morgan fingerprint density at radius 1 is 1.17 bits per heavy atom. The molecule has 2 aromatic carbocycles. The van der Waals surface area contributed by atoms with Gasteiger partial charge in [-0.15, -0.1) is 0 Å². The number of hydrogen-bond donors (Lipinski definition) is 2. The molecule has 2 heterocycles. The first kappa shape index (κ1) is 19.6. The molecule has 2 N–H and O–H groups in total. The predicted octanol–water partition coefficient (Wildman–Crippen LogP) is 4.23. The quantitative estimate of drug-likeness (QED) is 0.625. The Kier molecular flexibility index (Phi) is 4.76. The maximum Gasteiger partial charge on any atom is 0.416 e. The van der Waals surface area contributed by atoms with Gasteiger partial charge in [0.25, 0.3) is 0 Å². The first-order chi connectivity index (χ1) is 14.2. The van der Waals surface area contributed by atoms with Crippen molar-refractivity contribution in [2.45, 2.75) is 18.6 Å². The first-order valence-electron chi connectivity index (χ1n) is 8.84. The van der Waals surface area contributed by atoms with Crippen LogP contribution >= 0.6 is 0 Å². The molecule has 4 rings (SSSR count). The van der Waals surface area contributed by atoms with Crippen molar-refractivity contribution in [1.82, 2.24) is 9.78 Å². The Hall–Kier alpha value is -3.69. The van der Waals surface area contributed by atoms with Gasteiger partial charge < -0.3 is 10.6 Å². The van der Waals surface area contributed by atoms with Gasteiger partial charge in [0.05, 0.1) is 18.2 Å². The fraction of sp³-hybridized carbons (Fsp3) is 0.150. The number of alkyl halides is 3. The van der Waals surface area contributed by atoms with Crippen LogP contribution in [0, 0.1) is 5.82 Å². The van der Waals surface area contributed by atoms with Gasteiger partial charge in [0.1, 0.15) is 17.7 Å². The van der Waals surface area contributed by atoms with Crippen molar-refractivity contribution in [3.63, 3.8) is 0 Å². The molecule has 1 aromatic heterocycles. The summed E-state index contributed by atoms with van der Waals surface area (Å²) in [5, 5.41) is 9.21. The lowest BCUT2D eigenvalue weighted by Crippen LogP contribution is -2.35. The fourth-order valence-electron chi connectivity index (χ4n) is 3.21. The third-order valence-corrected chi connectivity index (χ3v) is 4.64. The second-order valence-corrected chi connectivity index (χ2v) is 6.69. The molecule has 1 atom stereocenters. The van der Waals surface area contributed by atoms with E-state index in [-0.39, 0.29) is 17.9 Å². The maximum atomic E-state index is 13.2. The number of carbonyl (C=O) groups is 2. The second kappa shape index (κ2) is 7.29. The van der Waals surface area contributed by atoms with Crippen LogP contribution in [0.4, 0.5) is 29.1 Å². The highest BCUT2D eigenvalue weighted by molar-refractivity contribution is 6.03. The Bertz CT molecular complexity index is 1120. The van der Waals surface area contributed by atoms with Gasteiger partial charge in [0.15, 0.2) is 0 Å². The van der Waals surface area contributed by atoms with E-state index in [4.69, 9.17) is 0 Å². The van der Waals surface area contributed by atoms with Gasteiger partial charge >= 0.3 is 6.18 Å². The zero-order valence-electron chi connectivity index (χ0n) is 15.2. The molecular weight excluding hydrogens is 404 g/mol. The number of hydrogen-bond acceptors (Lipinski definition) is 3. The topological polar surface area (TPSA) is 76.0 Å². The van der Waals surface area contributed by atoms with E-state index in [0.29, 0.717) is 11.1 Å². The van der Waals surface area contributed by atoms with Crippen LogP contribution in [-0.2, 0) is 15.8 Å². The predicted molar refractivity (Wildman–Crippen MR) is 100.0 cm³/mol. The number of nitrogens with one attached hydrogen (secondary N) is 2. The standard InChI is InChI=1S/C20H14F4N4O2/c21-13-6-4-11(5-7-13)15-10-25-28-16(9-17(29)27-18(15)28)19(30)26-14-3-1-2-12(8-14)20(22,23)24/h1-8,10,16H,9H2,(H,26,30)(H,27,29)/t16-/m1/s1. The summed E-state index contributed by atoms with van der Waals surface area (Å²) in [6, 6.07) is 8.67. The number of rotatable bonds is 3. The van der Waals surface area contributed by atoms with Gasteiger partial charge in [-0.2, -0.15) is 18.3 Å². The van der Waals surface area contributed by atoms with Gasteiger partial charge in [-0.25, -0.2) is 9.07 Å². The van der Waals surface area contributed by atoms with Crippen LogP contribution in [-0.4, -0.2) is 21.6 Å². The zero-order valence-corrected chi connectivity index (χ0v) is 15.2. The van der Waals surface area contributed by atoms with Gasteiger partial charge in [-0.3, -0.25) is 9.59 Å². The molecule has 1 aliphatic heterocycles. The van der Waals surface area contributed by atoms with Crippen LogP contribution in [0.15, 0.2) is 54.7 Å². The van der Waals surface area contributed by atoms with Crippen molar-refractivity contribution >= 4 is 23.3 Å². The van der Waals surface area contributed by atoms with Crippen molar-refractivity contribution in [3.05, 3.63) is 66.1 Å². The van der Waals surface area contributed by atoms with Crippen molar-refractivity contribution < 1.29 is 27.2 Å². The zero-order chi connectivity index (χ0) is 21.5. The molecular formula is C20H14F4N4O2. The Labute approximate surface area is 167 Å². The molecule has 0 bridgehead atoms. The highest BCUT2D eigenvalue weighted by Crippen LogP contribution is 2.35. The minimum Gasteiger partial charge on any atom is -0.324 e. The van der Waals surface area contributed by atoms with E-state index in [2.05, 4.69) is 15.7 Å². The molecule has 10 heteroatoms. The van der Waals surface area contributed by atoms with Crippen LogP contribution in [0.2, 0.25) is 0 Å². The SMILES string of the molecule is O=C1C[C@H](C(=O)Nc2cccc(C(F)(F)F)c2)n2ncc(-c3ccc(F)cc3)c2N1. The summed E-state index contributed by atoms with van der Waals surface area (Å²) in [6.07, 6.45) is -3.36. The highest BCUT2D eigenvalue weighted by atomic mass is 19.4. The third-order valence-electron chi connectivity index (χ3n) is 4.64. The van der Waals surface area contributed by atoms with Crippen LogP contribution < -0.4 is 10.6 Å². The number of amides is 2. The minimum absolute atomic E-state index is 0.0479. The van der Waals surface area contributed by atoms with E-state index < -0.39 is 35.4 Å². The van der Waals surface area contributed by atoms with Gasteiger partial charge in [-0.05, 0) is 35.9 Å². The fourth-order valence-corrected chi connectivity index (χ4v) is 3.21. The molecule has 6 nitrogen and oxygen atoms in total. The molecule has 1 aliphatic rings. The molecule has 0 radical (unpaired) electrons. The lowest BCUT2D eigenvalue weighted by atomic mass is 10.1. The molecule has 0 aliphatic carbocycles. The number of aromatic nitrogens is 2. The monoisotopic (exact) mass is 418 g/mol. The molecule has 30 heavy (non-hydrogen) atoms. The molecule has 0 saturated carbocycles. The molecule has 0 unspecified atom stereocenters. The van der Waals surface area contributed by atoms with Crippen LogP contribution in [0.3, 0.4) is 0 Å². The first-order valence-corrected chi connectivity index (χ1v) is 8.84. The van der Waals surface area contributed by atoms with Crippen molar-refractivity contribution in [1.29, 1.82) is 0 Å². The van der Waals surface area contributed by atoms with Crippen LogP contribution in [0.1, 0.15) is 18.0 Å². The number of carbonyl (C=O) groups excluding carboxylic acids is 2. The van der Waals surface area contributed by atoms with Crippen molar-refractivity contribution in [2.75, 3.05) is 10.6 Å². The van der Waals surface area contributed by atoms with E-state index in [9.17, 15) is 27.2 Å². The lowest BCUT2D eigenvalue weighted by molar-refractivity contribution is -0.137. The molecule has 0 saturated heterocycles. The Balaban J connectivity index is 1.63. The minimum atomic E-state index is -4.55. The summed E-state index contributed by atoms with van der Waals surface area (Å²) in [5.41, 5.74) is 0.116. The van der Waals surface area contributed by atoms with Crippen molar-refractivity contribution in [2.24, 2.45) is 0 Å².